The van der Waals surface area contributed by atoms with Crippen molar-refractivity contribution in [1.29, 1.82) is 0 Å². The van der Waals surface area contributed by atoms with Crippen LogP contribution < -0.4 is 14.8 Å². The third-order valence-corrected chi connectivity index (χ3v) is 4.56. The molecule has 1 atom stereocenters. The number of nitrogens with one attached hydrogen (secondary N) is 1. The van der Waals surface area contributed by atoms with Crippen LogP contribution in [0.25, 0.3) is 0 Å². The highest BCUT2D eigenvalue weighted by molar-refractivity contribution is 7.89. The summed E-state index contributed by atoms with van der Waals surface area (Å²) in [5.74, 6) is 1.08. The maximum absolute atomic E-state index is 12.2. The van der Waals surface area contributed by atoms with Gasteiger partial charge in [-0.25, -0.2) is 8.42 Å². The zero-order chi connectivity index (χ0) is 17.9. The second-order valence-electron chi connectivity index (χ2n) is 5.97. The molecular formula is C18H19NO5S. The molecule has 2 aromatic rings. The van der Waals surface area contributed by atoms with E-state index in [1.54, 1.807) is 24.3 Å². The molecule has 0 fully saturated rings. The summed E-state index contributed by atoms with van der Waals surface area (Å²) in [7, 11) is -3.09. The van der Waals surface area contributed by atoms with Crippen LogP contribution in [0.4, 0.5) is 0 Å². The number of para-hydroxylation sites is 2. The minimum absolute atomic E-state index is 0.0401. The summed E-state index contributed by atoms with van der Waals surface area (Å²) in [5, 5.41) is 2.81. The first-order chi connectivity index (χ1) is 11.9. The number of hydrogen-bond donors (Lipinski definition) is 1. The second-order valence-corrected chi connectivity index (χ2v) is 8.11. The van der Waals surface area contributed by atoms with Gasteiger partial charge in [-0.2, -0.15) is 0 Å². The Hall–Kier alpha value is -2.54. The van der Waals surface area contributed by atoms with E-state index in [1.807, 2.05) is 24.3 Å². The zero-order valence-electron chi connectivity index (χ0n) is 13.8. The normalized spacial score (nSPS) is 16.3. The Morgan fingerprint density at radius 3 is 2.48 bits per heavy atom. The Labute approximate surface area is 146 Å². The van der Waals surface area contributed by atoms with Gasteiger partial charge in [-0.15, -0.1) is 0 Å². The van der Waals surface area contributed by atoms with Crippen molar-refractivity contribution in [1.82, 2.24) is 5.32 Å². The Morgan fingerprint density at radius 1 is 1.12 bits per heavy atom. The quantitative estimate of drug-likeness (QED) is 0.878. The molecule has 2 aromatic carbocycles. The molecule has 7 heteroatoms. The highest BCUT2D eigenvalue weighted by atomic mass is 32.2. The van der Waals surface area contributed by atoms with Gasteiger partial charge < -0.3 is 14.8 Å². The highest BCUT2D eigenvalue weighted by Gasteiger charge is 2.21. The third-order valence-electron chi connectivity index (χ3n) is 3.70. The standard InChI is InChI=1S/C18H19NO5S/c1-25(21,22)12-13-6-8-14(9-7-13)18(20)19-10-15-11-23-16-4-2-3-5-17(16)24-15/h2-9,15H,10-12H2,1H3,(H,19,20)/t15-/m1/s1. The summed E-state index contributed by atoms with van der Waals surface area (Å²) < 4.78 is 33.9. The van der Waals surface area contributed by atoms with Crippen LogP contribution in [0, 0.1) is 0 Å². The number of benzene rings is 2. The Kier molecular flexibility index (Phi) is 4.94. The van der Waals surface area contributed by atoms with Gasteiger partial charge in [-0.3, -0.25) is 4.79 Å². The summed E-state index contributed by atoms with van der Waals surface area (Å²) >= 11 is 0. The van der Waals surface area contributed by atoms with Crippen molar-refractivity contribution in [2.24, 2.45) is 0 Å². The number of carbonyl (C=O) groups is 1. The molecule has 0 saturated heterocycles. The first-order valence-electron chi connectivity index (χ1n) is 7.84. The molecule has 0 unspecified atom stereocenters. The van der Waals surface area contributed by atoms with Gasteiger partial charge >= 0.3 is 0 Å². The molecular weight excluding hydrogens is 342 g/mol. The number of rotatable bonds is 5. The van der Waals surface area contributed by atoms with E-state index in [2.05, 4.69) is 5.32 Å². The first kappa shape index (κ1) is 17.3. The number of fused-ring (bicyclic) bond motifs is 1. The van der Waals surface area contributed by atoms with Gasteiger partial charge in [0.2, 0.25) is 0 Å². The molecule has 1 aliphatic rings. The highest BCUT2D eigenvalue weighted by Crippen LogP contribution is 2.30. The Bertz CT molecular complexity index is 861. The molecule has 3 rings (SSSR count). The molecule has 0 spiro atoms. The lowest BCUT2D eigenvalue weighted by atomic mass is 10.1. The lowest BCUT2D eigenvalue weighted by Crippen LogP contribution is -2.40. The van der Waals surface area contributed by atoms with Crippen molar-refractivity contribution < 1.29 is 22.7 Å². The van der Waals surface area contributed by atoms with Gasteiger partial charge in [0, 0.05) is 11.8 Å². The maximum Gasteiger partial charge on any atom is 0.251 e. The Balaban J connectivity index is 1.55. The SMILES string of the molecule is CS(=O)(=O)Cc1ccc(C(=O)NC[C@@H]2COc3ccccc3O2)cc1. The fourth-order valence-corrected chi connectivity index (χ4v) is 3.33. The lowest BCUT2D eigenvalue weighted by Gasteiger charge is -2.26. The molecule has 1 heterocycles. The van der Waals surface area contributed by atoms with E-state index in [1.165, 1.54) is 6.26 Å². The van der Waals surface area contributed by atoms with Crippen molar-refractivity contribution in [3.05, 3.63) is 59.7 Å². The molecule has 6 nitrogen and oxygen atoms in total. The fraction of sp³-hybridized carbons (Fsp3) is 0.278. The van der Waals surface area contributed by atoms with Crippen LogP contribution in [0.15, 0.2) is 48.5 Å². The second kappa shape index (κ2) is 7.14. The van der Waals surface area contributed by atoms with Gasteiger partial charge in [-0.1, -0.05) is 24.3 Å². The number of amides is 1. The van der Waals surface area contributed by atoms with Crippen molar-refractivity contribution in [2.75, 3.05) is 19.4 Å². The Morgan fingerprint density at radius 2 is 1.80 bits per heavy atom. The van der Waals surface area contributed by atoms with E-state index < -0.39 is 9.84 Å². The molecule has 0 saturated carbocycles. The van der Waals surface area contributed by atoms with Crippen LogP contribution in [0.3, 0.4) is 0 Å². The summed E-state index contributed by atoms with van der Waals surface area (Å²) in [6, 6.07) is 13.9. The van der Waals surface area contributed by atoms with E-state index in [9.17, 15) is 13.2 Å². The molecule has 132 valence electrons. The monoisotopic (exact) mass is 361 g/mol. The molecule has 25 heavy (non-hydrogen) atoms. The molecule has 1 amide bonds. The van der Waals surface area contributed by atoms with E-state index in [0.29, 0.717) is 35.8 Å². The predicted molar refractivity (Wildman–Crippen MR) is 93.7 cm³/mol. The van der Waals surface area contributed by atoms with Crippen molar-refractivity contribution in [2.45, 2.75) is 11.9 Å². The van der Waals surface area contributed by atoms with Crippen LogP contribution in [0.1, 0.15) is 15.9 Å². The van der Waals surface area contributed by atoms with Crippen LogP contribution >= 0.6 is 0 Å². The van der Waals surface area contributed by atoms with Crippen molar-refractivity contribution in [3.63, 3.8) is 0 Å². The summed E-state index contributed by atoms with van der Waals surface area (Å²) in [6.07, 6.45) is 0.918. The van der Waals surface area contributed by atoms with Crippen molar-refractivity contribution in [3.8, 4) is 11.5 Å². The van der Waals surface area contributed by atoms with E-state index in [0.717, 1.165) is 0 Å². The van der Waals surface area contributed by atoms with Gasteiger partial charge in [0.15, 0.2) is 21.3 Å². The average molecular weight is 361 g/mol. The number of sulfone groups is 1. The van der Waals surface area contributed by atoms with Gasteiger partial charge in [0.25, 0.3) is 5.91 Å². The number of carbonyl (C=O) groups excluding carboxylic acids is 1. The third kappa shape index (κ3) is 4.73. The van der Waals surface area contributed by atoms with E-state index in [-0.39, 0.29) is 17.8 Å². The zero-order valence-corrected chi connectivity index (χ0v) is 14.6. The van der Waals surface area contributed by atoms with E-state index >= 15 is 0 Å². The van der Waals surface area contributed by atoms with Crippen LogP contribution in [-0.4, -0.2) is 39.8 Å². The van der Waals surface area contributed by atoms with Crippen LogP contribution in [0.2, 0.25) is 0 Å². The van der Waals surface area contributed by atoms with E-state index in [4.69, 9.17) is 9.47 Å². The molecule has 0 aromatic heterocycles. The topological polar surface area (TPSA) is 81.7 Å². The summed E-state index contributed by atoms with van der Waals surface area (Å²) in [4.78, 5) is 12.2. The largest absolute Gasteiger partial charge is 0.486 e. The average Bonchev–Trinajstić information content (AvgIpc) is 2.59. The smallest absolute Gasteiger partial charge is 0.251 e. The molecule has 1 N–H and O–H groups in total. The lowest BCUT2D eigenvalue weighted by molar-refractivity contribution is 0.0789. The number of hydrogen-bond acceptors (Lipinski definition) is 5. The minimum atomic E-state index is -3.09. The van der Waals surface area contributed by atoms with Gasteiger partial charge in [-0.05, 0) is 29.8 Å². The van der Waals surface area contributed by atoms with Gasteiger partial charge in [0.1, 0.15) is 12.7 Å². The molecule has 1 aliphatic heterocycles. The predicted octanol–water partition coefficient (Wildman–Crippen LogP) is 1.80. The summed E-state index contributed by atoms with van der Waals surface area (Å²) in [5.41, 5.74) is 1.12. The molecule has 0 radical (unpaired) electrons. The van der Waals surface area contributed by atoms with Crippen molar-refractivity contribution >= 4 is 15.7 Å². The van der Waals surface area contributed by atoms with Crippen LogP contribution in [-0.2, 0) is 15.6 Å². The minimum Gasteiger partial charge on any atom is -0.486 e. The summed E-state index contributed by atoms with van der Waals surface area (Å²) in [6.45, 7) is 0.683. The molecule has 0 bridgehead atoms. The maximum atomic E-state index is 12.2. The van der Waals surface area contributed by atoms with Crippen LogP contribution in [0.5, 0.6) is 11.5 Å². The molecule has 0 aliphatic carbocycles. The number of ether oxygens (including phenoxy) is 2. The van der Waals surface area contributed by atoms with Gasteiger partial charge in [0.05, 0.1) is 12.3 Å². The fourth-order valence-electron chi connectivity index (χ4n) is 2.53. The first-order valence-corrected chi connectivity index (χ1v) is 9.90.